The molecular formula is C20H34Cl2N2. The SMILES string of the molecule is C=C(C)N1CCC[C@](CCN)(c2ccc(Cl)c(Cl)c2)C1.CC.CC. The van der Waals surface area contributed by atoms with Gasteiger partial charge in [0.1, 0.15) is 0 Å². The smallest absolute Gasteiger partial charge is 0.0595 e. The molecule has 0 amide bonds. The maximum Gasteiger partial charge on any atom is 0.0595 e. The highest BCUT2D eigenvalue weighted by molar-refractivity contribution is 6.42. The molecule has 24 heavy (non-hydrogen) atoms. The molecule has 2 N–H and O–H groups in total. The molecule has 138 valence electrons. The van der Waals surface area contributed by atoms with Crippen molar-refractivity contribution in [2.45, 2.75) is 59.3 Å². The fourth-order valence-electron chi connectivity index (χ4n) is 3.14. The number of hydrogen-bond donors (Lipinski definition) is 1. The Morgan fingerprint density at radius 2 is 1.83 bits per heavy atom. The number of halogens is 2. The second kappa shape index (κ2) is 11.8. The summed E-state index contributed by atoms with van der Waals surface area (Å²) in [6, 6.07) is 5.98. The van der Waals surface area contributed by atoms with Gasteiger partial charge in [0, 0.05) is 24.2 Å². The minimum Gasteiger partial charge on any atom is -0.375 e. The summed E-state index contributed by atoms with van der Waals surface area (Å²) < 4.78 is 0. The summed E-state index contributed by atoms with van der Waals surface area (Å²) in [5, 5.41) is 1.22. The maximum absolute atomic E-state index is 6.20. The van der Waals surface area contributed by atoms with Gasteiger partial charge in [0.25, 0.3) is 0 Å². The molecule has 1 aromatic carbocycles. The largest absolute Gasteiger partial charge is 0.375 e. The first-order chi connectivity index (χ1) is 11.5. The first kappa shape index (κ1) is 23.3. The van der Waals surface area contributed by atoms with E-state index in [1.54, 1.807) is 0 Å². The predicted molar refractivity (Wildman–Crippen MR) is 110 cm³/mol. The first-order valence-electron chi connectivity index (χ1n) is 9.04. The standard InChI is InChI=1S/C16H22Cl2N2.2C2H6/c1-12(2)20-9-3-6-16(11-20,7-8-19)13-4-5-14(17)15(18)10-13;2*1-2/h4-5,10H,1,3,6-9,11,19H2,2H3;2*1-2H3/t16-;;/m1../s1. The molecule has 1 aliphatic rings. The summed E-state index contributed by atoms with van der Waals surface area (Å²) in [7, 11) is 0. The second-order valence-corrected chi connectivity index (χ2v) is 6.52. The molecule has 0 aliphatic carbocycles. The van der Waals surface area contributed by atoms with Crippen LogP contribution in [0.3, 0.4) is 0 Å². The van der Waals surface area contributed by atoms with Crippen LogP contribution in [0.5, 0.6) is 0 Å². The first-order valence-corrected chi connectivity index (χ1v) is 9.80. The van der Waals surface area contributed by atoms with Crippen molar-refractivity contribution in [1.29, 1.82) is 0 Å². The Bertz CT molecular complexity index is 498. The number of nitrogens with zero attached hydrogens (tertiary/aromatic N) is 1. The third-order valence-corrected chi connectivity index (χ3v) is 5.01. The molecule has 2 rings (SSSR count). The minimum atomic E-state index is 0.0557. The lowest BCUT2D eigenvalue weighted by atomic mass is 9.71. The van der Waals surface area contributed by atoms with Gasteiger partial charge in [0.15, 0.2) is 0 Å². The van der Waals surface area contributed by atoms with E-state index in [-0.39, 0.29) is 5.41 Å². The van der Waals surface area contributed by atoms with Gasteiger partial charge in [-0.1, -0.05) is 63.5 Å². The quantitative estimate of drug-likeness (QED) is 0.675. The summed E-state index contributed by atoms with van der Waals surface area (Å²) in [5.41, 5.74) is 8.28. The van der Waals surface area contributed by atoms with Crippen LogP contribution in [0.2, 0.25) is 10.0 Å². The van der Waals surface area contributed by atoms with E-state index in [1.165, 1.54) is 5.56 Å². The molecule has 1 saturated heterocycles. The van der Waals surface area contributed by atoms with Crippen LogP contribution in [0, 0.1) is 0 Å². The number of hydrogen-bond acceptors (Lipinski definition) is 2. The van der Waals surface area contributed by atoms with E-state index in [2.05, 4.69) is 24.5 Å². The Hall–Kier alpha value is -0.700. The summed E-state index contributed by atoms with van der Waals surface area (Å²) in [6.45, 7) is 16.8. The van der Waals surface area contributed by atoms with Crippen molar-refractivity contribution in [3.05, 3.63) is 46.1 Å². The van der Waals surface area contributed by atoms with Gasteiger partial charge in [-0.3, -0.25) is 0 Å². The van der Waals surface area contributed by atoms with Gasteiger partial charge < -0.3 is 10.6 Å². The topological polar surface area (TPSA) is 29.3 Å². The van der Waals surface area contributed by atoms with Gasteiger partial charge in [-0.05, 0) is 50.4 Å². The normalized spacial score (nSPS) is 19.6. The third-order valence-electron chi connectivity index (χ3n) is 4.27. The number of allylic oxidation sites excluding steroid dienone is 1. The highest BCUT2D eigenvalue weighted by atomic mass is 35.5. The molecule has 1 atom stereocenters. The zero-order valence-corrected chi connectivity index (χ0v) is 17.5. The summed E-state index contributed by atoms with van der Waals surface area (Å²) in [5.74, 6) is 0. The molecule has 4 heteroatoms. The van der Waals surface area contributed by atoms with Crippen LogP contribution in [0.15, 0.2) is 30.5 Å². The van der Waals surface area contributed by atoms with E-state index in [0.29, 0.717) is 16.6 Å². The molecule has 1 fully saturated rings. The van der Waals surface area contributed by atoms with Crippen LogP contribution in [0.1, 0.15) is 59.4 Å². The summed E-state index contributed by atoms with van der Waals surface area (Å²) in [4.78, 5) is 2.35. The molecule has 0 bridgehead atoms. The summed E-state index contributed by atoms with van der Waals surface area (Å²) >= 11 is 12.2. The van der Waals surface area contributed by atoms with Gasteiger partial charge in [-0.15, -0.1) is 0 Å². The number of likely N-dealkylation sites (tertiary alicyclic amines) is 1. The maximum atomic E-state index is 6.20. The Labute approximate surface area is 159 Å². The van der Waals surface area contributed by atoms with E-state index >= 15 is 0 Å². The monoisotopic (exact) mass is 372 g/mol. The van der Waals surface area contributed by atoms with Crippen molar-refractivity contribution >= 4 is 23.2 Å². The van der Waals surface area contributed by atoms with E-state index < -0.39 is 0 Å². The average Bonchev–Trinajstić information content (AvgIpc) is 2.61. The third kappa shape index (κ3) is 5.98. The second-order valence-electron chi connectivity index (χ2n) is 5.71. The number of benzene rings is 1. The van der Waals surface area contributed by atoms with Gasteiger partial charge in [-0.25, -0.2) is 0 Å². The molecule has 0 aromatic heterocycles. The molecule has 2 nitrogen and oxygen atoms in total. The Morgan fingerprint density at radius 1 is 1.21 bits per heavy atom. The Morgan fingerprint density at radius 3 is 2.33 bits per heavy atom. The Kier molecular flexibility index (Phi) is 11.4. The van der Waals surface area contributed by atoms with E-state index in [0.717, 1.165) is 38.0 Å². The zero-order valence-electron chi connectivity index (χ0n) is 16.0. The van der Waals surface area contributed by atoms with Crippen LogP contribution in [0.4, 0.5) is 0 Å². The molecular weight excluding hydrogens is 339 g/mol. The van der Waals surface area contributed by atoms with Crippen molar-refractivity contribution in [1.82, 2.24) is 4.90 Å². The lowest BCUT2D eigenvalue weighted by Gasteiger charge is -2.44. The van der Waals surface area contributed by atoms with E-state index in [1.807, 2.05) is 39.8 Å². The highest BCUT2D eigenvalue weighted by Crippen LogP contribution is 2.39. The van der Waals surface area contributed by atoms with Gasteiger partial charge in [0.05, 0.1) is 10.0 Å². The molecule has 0 saturated carbocycles. The van der Waals surface area contributed by atoms with Crippen LogP contribution >= 0.6 is 23.2 Å². The molecule has 0 radical (unpaired) electrons. The number of rotatable bonds is 4. The molecule has 1 heterocycles. The fraction of sp³-hybridized carbons (Fsp3) is 0.600. The number of nitrogens with two attached hydrogens (primary N) is 1. The van der Waals surface area contributed by atoms with Crippen molar-refractivity contribution in [3.8, 4) is 0 Å². The lowest BCUT2D eigenvalue weighted by Crippen LogP contribution is -2.46. The minimum absolute atomic E-state index is 0.0557. The van der Waals surface area contributed by atoms with Crippen molar-refractivity contribution in [2.75, 3.05) is 19.6 Å². The zero-order chi connectivity index (χ0) is 18.8. The van der Waals surface area contributed by atoms with Gasteiger partial charge in [-0.2, -0.15) is 0 Å². The molecule has 0 unspecified atom stereocenters. The lowest BCUT2D eigenvalue weighted by molar-refractivity contribution is 0.175. The highest BCUT2D eigenvalue weighted by Gasteiger charge is 2.36. The molecule has 0 spiro atoms. The molecule has 1 aromatic rings. The van der Waals surface area contributed by atoms with E-state index in [4.69, 9.17) is 28.9 Å². The van der Waals surface area contributed by atoms with Crippen molar-refractivity contribution in [3.63, 3.8) is 0 Å². The van der Waals surface area contributed by atoms with Crippen molar-refractivity contribution in [2.24, 2.45) is 5.73 Å². The summed E-state index contributed by atoms with van der Waals surface area (Å²) in [6.07, 6.45) is 3.23. The fourth-order valence-corrected chi connectivity index (χ4v) is 3.44. The van der Waals surface area contributed by atoms with Crippen LogP contribution < -0.4 is 5.73 Å². The number of piperidine rings is 1. The van der Waals surface area contributed by atoms with Crippen molar-refractivity contribution < 1.29 is 0 Å². The van der Waals surface area contributed by atoms with Gasteiger partial charge in [0.2, 0.25) is 0 Å². The van der Waals surface area contributed by atoms with Crippen LogP contribution in [-0.4, -0.2) is 24.5 Å². The van der Waals surface area contributed by atoms with Crippen LogP contribution in [-0.2, 0) is 5.41 Å². The average molecular weight is 373 g/mol. The Balaban J connectivity index is 0.00000123. The van der Waals surface area contributed by atoms with E-state index in [9.17, 15) is 0 Å². The predicted octanol–water partition coefficient (Wildman–Crippen LogP) is 6.26. The van der Waals surface area contributed by atoms with Gasteiger partial charge >= 0.3 is 0 Å². The van der Waals surface area contributed by atoms with Crippen LogP contribution in [0.25, 0.3) is 0 Å². The molecule has 1 aliphatic heterocycles.